The zero-order chi connectivity index (χ0) is 20.4. The van der Waals surface area contributed by atoms with E-state index in [4.69, 9.17) is 28.6 Å². The number of halogens is 6. The number of phenols is 1. The fourth-order valence-electron chi connectivity index (χ4n) is 2.24. The van der Waals surface area contributed by atoms with Crippen molar-refractivity contribution >= 4 is 41.0 Å². The van der Waals surface area contributed by atoms with Crippen LogP contribution >= 0.6 is 23.2 Å². The third kappa shape index (κ3) is 4.56. The Hall–Kier alpha value is -2.06. The zero-order valence-corrected chi connectivity index (χ0v) is 15.2. The predicted molar refractivity (Wildman–Crippen MR) is 92.7 cm³/mol. The fraction of sp³-hybridized carbons (Fsp3) is 0.250. The summed E-state index contributed by atoms with van der Waals surface area (Å²) in [6.45, 7) is 4.26. The van der Waals surface area contributed by atoms with Gasteiger partial charge in [-0.1, -0.05) is 29.8 Å². The number of aromatic hydroxyl groups is 1. The number of benzene rings is 1. The molecule has 0 radical (unpaired) electrons. The van der Waals surface area contributed by atoms with Crippen molar-refractivity contribution in [3.63, 3.8) is 0 Å². The Kier molecular flexibility index (Phi) is 6.84. The average molecular weight is 413 g/mol. The van der Waals surface area contributed by atoms with Gasteiger partial charge >= 0.3 is 6.18 Å². The quantitative estimate of drug-likeness (QED) is 0.407. The van der Waals surface area contributed by atoms with E-state index in [1.165, 1.54) is 0 Å². The summed E-state index contributed by atoms with van der Waals surface area (Å²) in [6, 6.07) is 0.719. The smallest absolute Gasteiger partial charge is 0.418 e. The summed E-state index contributed by atoms with van der Waals surface area (Å²) < 4.78 is 53.1. The monoisotopic (exact) mass is 412 g/mol. The van der Waals surface area contributed by atoms with Gasteiger partial charge in [0.25, 0.3) is 5.91 Å². The molecule has 1 rings (SSSR count). The molecule has 0 atom stereocenters. The highest BCUT2D eigenvalue weighted by Crippen LogP contribution is 2.39. The molecule has 0 spiro atoms. The number of carbonyl (C=O) groups excluding carboxylic acids is 1. The number of anilines is 1. The first kappa shape index (κ1) is 22.0. The normalized spacial score (nSPS) is 12.5. The maximum atomic E-state index is 14.4. The summed E-state index contributed by atoms with van der Waals surface area (Å²) in [5.41, 5.74) is -3.00. The van der Waals surface area contributed by atoms with Crippen molar-refractivity contribution in [1.82, 2.24) is 0 Å². The Balaban J connectivity index is 3.59. The molecule has 0 aliphatic heterocycles. The summed E-state index contributed by atoms with van der Waals surface area (Å²) in [4.78, 5) is 13.0. The van der Waals surface area contributed by atoms with Gasteiger partial charge in [0.1, 0.15) is 11.6 Å². The topological polar surface area (TPSA) is 64.4 Å². The molecule has 10 heteroatoms. The number of nitrogens with one attached hydrogen (secondary N) is 1. The van der Waals surface area contributed by atoms with E-state index in [-0.39, 0.29) is 28.3 Å². The van der Waals surface area contributed by atoms with E-state index in [0.29, 0.717) is 4.90 Å². The molecule has 4 nitrogen and oxygen atoms in total. The van der Waals surface area contributed by atoms with Crippen molar-refractivity contribution in [2.24, 2.45) is 0 Å². The Labute approximate surface area is 156 Å². The Bertz CT molecular complexity index is 804. The minimum Gasteiger partial charge on any atom is -0.506 e. The molecule has 1 aromatic rings. The maximum Gasteiger partial charge on any atom is 0.418 e. The van der Waals surface area contributed by atoms with E-state index in [1.54, 1.807) is 0 Å². The van der Waals surface area contributed by atoms with Crippen molar-refractivity contribution < 1.29 is 27.5 Å². The Morgan fingerprint density at radius 3 is 2.42 bits per heavy atom. The molecule has 0 aliphatic carbocycles. The molecule has 0 aromatic heterocycles. The molecule has 142 valence electrons. The van der Waals surface area contributed by atoms with Crippen LogP contribution < -0.4 is 4.90 Å². The summed E-state index contributed by atoms with van der Waals surface area (Å²) in [6.07, 6.45) is -5.22. The Morgan fingerprint density at radius 1 is 1.46 bits per heavy atom. The van der Waals surface area contributed by atoms with Gasteiger partial charge in [-0.15, -0.1) is 0 Å². The van der Waals surface area contributed by atoms with Crippen LogP contribution in [0.2, 0.25) is 5.02 Å². The second-order valence-electron chi connectivity index (χ2n) is 5.25. The number of allylic oxidation sites excluding steroid dienone is 2. The van der Waals surface area contributed by atoms with Crippen molar-refractivity contribution in [2.75, 3.05) is 11.9 Å². The van der Waals surface area contributed by atoms with Gasteiger partial charge in [0.05, 0.1) is 16.3 Å². The first-order valence-corrected chi connectivity index (χ1v) is 7.68. The lowest BCUT2D eigenvalue weighted by molar-refractivity contribution is -0.116. The molecule has 0 fully saturated rings. The SMILES string of the molecule is C=C(Cl)Cc1c(O)c(Cl)cc(F)c1N(C)C(=O)/C(C)=C(\C=N)C(F)(F)F. The number of likely N-dealkylation sites (N-methyl/N-ethyl adjacent to an activating group) is 1. The first-order chi connectivity index (χ1) is 11.8. The number of alkyl halides is 3. The molecule has 0 aliphatic rings. The molecule has 1 aromatic carbocycles. The van der Waals surface area contributed by atoms with Gasteiger partial charge in [0.2, 0.25) is 0 Å². The van der Waals surface area contributed by atoms with E-state index in [1.807, 2.05) is 0 Å². The number of hydrogen-bond donors (Lipinski definition) is 2. The maximum absolute atomic E-state index is 14.4. The van der Waals surface area contributed by atoms with Gasteiger partial charge in [0, 0.05) is 35.9 Å². The van der Waals surface area contributed by atoms with Gasteiger partial charge < -0.3 is 15.4 Å². The Morgan fingerprint density at radius 2 is 2.00 bits per heavy atom. The van der Waals surface area contributed by atoms with E-state index < -0.39 is 40.5 Å². The van der Waals surface area contributed by atoms with Gasteiger partial charge in [-0.05, 0) is 13.0 Å². The molecule has 1 amide bonds. The van der Waals surface area contributed by atoms with Crippen molar-refractivity contribution in [1.29, 1.82) is 5.41 Å². The molecule has 26 heavy (non-hydrogen) atoms. The molecule has 0 saturated carbocycles. The number of hydrogen-bond acceptors (Lipinski definition) is 3. The minimum absolute atomic E-state index is 0.00170. The summed E-state index contributed by atoms with van der Waals surface area (Å²) in [5.74, 6) is -2.84. The molecule has 0 unspecified atom stereocenters. The van der Waals surface area contributed by atoms with Crippen LogP contribution in [-0.4, -0.2) is 30.5 Å². The van der Waals surface area contributed by atoms with Crippen molar-refractivity contribution in [3.8, 4) is 5.75 Å². The van der Waals surface area contributed by atoms with Crippen LogP contribution in [0.1, 0.15) is 12.5 Å². The molecular weight excluding hydrogens is 399 g/mol. The largest absolute Gasteiger partial charge is 0.506 e. The van der Waals surface area contributed by atoms with E-state index >= 15 is 0 Å². The van der Waals surface area contributed by atoms with E-state index in [2.05, 4.69) is 6.58 Å². The highest BCUT2D eigenvalue weighted by Gasteiger charge is 2.36. The van der Waals surface area contributed by atoms with Gasteiger partial charge in [-0.25, -0.2) is 4.39 Å². The third-order valence-electron chi connectivity index (χ3n) is 3.46. The molecule has 0 saturated heterocycles. The second-order valence-corrected chi connectivity index (χ2v) is 6.20. The third-order valence-corrected chi connectivity index (χ3v) is 3.88. The van der Waals surface area contributed by atoms with Gasteiger partial charge in [0.15, 0.2) is 0 Å². The van der Waals surface area contributed by atoms with E-state index in [0.717, 1.165) is 20.0 Å². The van der Waals surface area contributed by atoms with Crippen LogP contribution in [0.5, 0.6) is 5.75 Å². The van der Waals surface area contributed by atoms with Crippen molar-refractivity contribution in [2.45, 2.75) is 19.5 Å². The van der Waals surface area contributed by atoms with Crippen LogP contribution in [0.15, 0.2) is 28.8 Å². The average Bonchev–Trinajstić information content (AvgIpc) is 2.49. The zero-order valence-electron chi connectivity index (χ0n) is 13.6. The fourth-order valence-corrected chi connectivity index (χ4v) is 2.58. The first-order valence-electron chi connectivity index (χ1n) is 6.92. The van der Waals surface area contributed by atoms with E-state index in [9.17, 15) is 27.5 Å². The predicted octanol–water partition coefficient (Wildman–Crippen LogP) is 4.97. The van der Waals surface area contributed by atoms with Crippen LogP contribution in [-0.2, 0) is 11.2 Å². The number of nitrogens with zero attached hydrogens (tertiary/aromatic N) is 1. The standard InChI is InChI=1S/C16H14Cl2F4N2O2/c1-7(17)4-9-13(12(19)5-11(18)14(9)25)24(3)15(26)8(2)10(6-23)16(20,21)22/h5-6,23,25H,1,4H2,2-3H3/b10-8+,23-6?. The molecule has 2 N–H and O–H groups in total. The van der Waals surface area contributed by atoms with Crippen LogP contribution in [0, 0.1) is 11.2 Å². The minimum atomic E-state index is -4.93. The summed E-state index contributed by atoms with van der Waals surface area (Å²) >= 11 is 11.4. The highest BCUT2D eigenvalue weighted by atomic mass is 35.5. The molecule has 0 heterocycles. The van der Waals surface area contributed by atoms with Gasteiger partial charge in [-0.2, -0.15) is 13.2 Å². The van der Waals surface area contributed by atoms with Crippen molar-refractivity contribution in [3.05, 3.63) is 45.2 Å². The second kappa shape index (κ2) is 8.09. The molecule has 0 bridgehead atoms. The highest BCUT2D eigenvalue weighted by molar-refractivity contribution is 6.32. The number of amides is 1. The van der Waals surface area contributed by atoms with Crippen LogP contribution in [0.4, 0.5) is 23.2 Å². The summed E-state index contributed by atoms with van der Waals surface area (Å²) in [7, 11) is 1.02. The number of phenolic OH excluding ortho intramolecular Hbond substituents is 1. The lowest BCUT2D eigenvalue weighted by Gasteiger charge is -2.24. The van der Waals surface area contributed by atoms with Crippen LogP contribution in [0.3, 0.4) is 0 Å². The number of rotatable bonds is 5. The molecular formula is C16H14Cl2F4N2O2. The summed E-state index contributed by atoms with van der Waals surface area (Å²) in [5, 5.41) is 16.6. The number of carbonyl (C=O) groups is 1. The van der Waals surface area contributed by atoms with Gasteiger partial charge in [-0.3, -0.25) is 4.79 Å². The lowest BCUT2D eigenvalue weighted by atomic mass is 10.0. The van der Waals surface area contributed by atoms with Crippen LogP contribution in [0.25, 0.3) is 0 Å². The lowest BCUT2D eigenvalue weighted by Crippen LogP contribution is -2.31.